The number of nitrogens with zero attached hydrogens (tertiary/aromatic N) is 1. The Balaban J connectivity index is 2.30. The molecule has 0 amide bonds. The molecule has 1 aliphatic heterocycles. The van der Waals surface area contributed by atoms with Gasteiger partial charge in [0.2, 0.25) is 0 Å². The number of benzene rings is 1. The monoisotopic (exact) mass is 162 g/mol. The predicted molar refractivity (Wildman–Crippen MR) is 50.0 cm³/mol. The maximum absolute atomic E-state index is 3.94. The SMILES string of the molecule is [C]1=C[SH](c2ccccc2)C=N1. The van der Waals surface area contributed by atoms with Crippen molar-refractivity contribution < 1.29 is 0 Å². The average Bonchev–Trinajstić information content (AvgIpc) is 2.58. The molecule has 1 aromatic rings. The van der Waals surface area contributed by atoms with Crippen LogP contribution in [0.15, 0.2) is 45.6 Å². The van der Waals surface area contributed by atoms with Gasteiger partial charge in [0, 0.05) is 5.55 Å². The summed E-state index contributed by atoms with van der Waals surface area (Å²) in [6, 6.07) is 10.4. The Labute approximate surface area is 68.8 Å². The zero-order valence-corrected chi connectivity index (χ0v) is 6.83. The van der Waals surface area contributed by atoms with Gasteiger partial charge in [0.1, 0.15) is 0 Å². The van der Waals surface area contributed by atoms with Crippen LogP contribution >= 0.6 is 10.9 Å². The van der Waals surface area contributed by atoms with Gasteiger partial charge in [0.15, 0.2) is 0 Å². The zero-order valence-electron chi connectivity index (χ0n) is 5.94. The third-order valence-corrected chi connectivity index (χ3v) is 3.16. The Morgan fingerprint density at radius 1 is 1.18 bits per heavy atom. The van der Waals surface area contributed by atoms with E-state index in [1.807, 2.05) is 17.0 Å². The molecule has 11 heavy (non-hydrogen) atoms. The van der Waals surface area contributed by atoms with Crippen molar-refractivity contribution in [3.63, 3.8) is 0 Å². The molecule has 0 N–H and O–H groups in total. The van der Waals surface area contributed by atoms with Crippen LogP contribution in [0.3, 0.4) is 0 Å². The van der Waals surface area contributed by atoms with Gasteiger partial charge in [-0.05, 0) is 22.4 Å². The fourth-order valence-corrected chi connectivity index (χ4v) is 2.21. The van der Waals surface area contributed by atoms with E-state index in [0.717, 1.165) is 0 Å². The van der Waals surface area contributed by atoms with Gasteiger partial charge in [-0.15, -0.1) is 0 Å². The standard InChI is InChI=1S/C9H8NS/c1-2-4-9(5-3-1)11-7-6-10-8-11/h1-5,7-8,11H. The summed E-state index contributed by atoms with van der Waals surface area (Å²) < 4.78 is 0. The molecule has 2 heteroatoms. The molecule has 1 nitrogen and oxygen atoms in total. The first-order chi connectivity index (χ1) is 5.47. The minimum atomic E-state index is -0.268. The predicted octanol–water partition coefficient (Wildman–Crippen LogP) is 2.36. The summed E-state index contributed by atoms with van der Waals surface area (Å²) in [6.45, 7) is 0. The summed E-state index contributed by atoms with van der Waals surface area (Å²) in [5.41, 5.74) is 1.96. The lowest BCUT2D eigenvalue weighted by Crippen LogP contribution is -1.75. The van der Waals surface area contributed by atoms with Gasteiger partial charge in [-0.3, -0.25) is 0 Å². The molecule has 0 fully saturated rings. The highest BCUT2D eigenvalue weighted by Gasteiger charge is 2.01. The molecule has 0 bridgehead atoms. The van der Waals surface area contributed by atoms with Crippen LogP contribution in [-0.2, 0) is 0 Å². The van der Waals surface area contributed by atoms with E-state index in [4.69, 9.17) is 0 Å². The minimum absolute atomic E-state index is 0.268. The minimum Gasteiger partial charge on any atom is -0.248 e. The molecule has 0 spiro atoms. The second-order valence-corrected chi connectivity index (χ2v) is 4.07. The van der Waals surface area contributed by atoms with Crippen molar-refractivity contribution >= 4 is 16.4 Å². The molecule has 1 unspecified atom stereocenters. The van der Waals surface area contributed by atoms with Gasteiger partial charge in [0.05, 0.1) is 6.20 Å². The van der Waals surface area contributed by atoms with Crippen LogP contribution in [0.2, 0.25) is 0 Å². The largest absolute Gasteiger partial charge is 0.248 e. The maximum atomic E-state index is 3.94. The molecule has 0 aromatic heterocycles. The molecule has 0 saturated heterocycles. The van der Waals surface area contributed by atoms with Gasteiger partial charge in [-0.1, -0.05) is 18.2 Å². The molecular formula is C9H8NS. The summed E-state index contributed by atoms with van der Waals surface area (Å²) in [5.74, 6) is 0. The van der Waals surface area contributed by atoms with E-state index in [-0.39, 0.29) is 10.9 Å². The topological polar surface area (TPSA) is 12.4 Å². The van der Waals surface area contributed by atoms with Crippen LogP contribution < -0.4 is 0 Å². The van der Waals surface area contributed by atoms with Gasteiger partial charge in [-0.2, -0.15) is 10.9 Å². The molecule has 1 aromatic carbocycles. The Morgan fingerprint density at radius 2 is 2.00 bits per heavy atom. The van der Waals surface area contributed by atoms with Gasteiger partial charge >= 0.3 is 0 Å². The second-order valence-electron chi connectivity index (χ2n) is 2.25. The van der Waals surface area contributed by atoms with Crippen LogP contribution in [0.4, 0.5) is 0 Å². The van der Waals surface area contributed by atoms with E-state index in [1.165, 1.54) is 4.90 Å². The van der Waals surface area contributed by atoms with Crippen LogP contribution in [0.25, 0.3) is 0 Å². The van der Waals surface area contributed by atoms with E-state index >= 15 is 0 Å². The summed E-state index contributed by atoms with van der Waals surface area (Å²) in [5, 5.41) is 2.03. The average molecular weight is 162 g/mol. The highest BCUT2D eigenvalue weighted by atomic mass is 32.2. The normalized spacial score (nSPS) is 24.2. The lowest BCUT2D eigenvalue weighted by molar-refractivity contribution is 1.47. The van der Waals surface area contributed by atoms with E-state index in [0.29, 0.717) is 0 Å². The van der Waals surface area contributed by atoms with Crippen molar-refractivity contribution in [1.29, 1.82) is 0 Å². The molecule has 0 aliphatic carbocycles. The van der Waals surface area contributed by atoms with E-state index in [2.05, 4.69) is 35.5 Å². The molecule has 1 radical (unpaired) electrons. The number of rotatable bonds is 1. The van der Waals surface area contributed by atoms with Crippen LogP contribution in [-0.4, -0.2) is 5.55 Å². The number of thiol groups is 1. The maximum Gasteiger partial charge on any atom is 0.0949 e. The summed E-state index contributed by atoms with van der Waals surface area (Å²) in [4.78, 5) is 5.28. The fraction of sp³-hybridized carbons (Fsp3) is 0. The second kappa shape index (κ2) is 2.93. The van der Waals surface area contributed by atoms with Crippen molar-refractivity contribution in [2.75, 3.05) is 0 Å². The van der Waals surface area contributed by atoms with E-state index in [1.54, 1.807) is 0 Å². The van der Waals surface area contributed by atoms with Crippen LogP contribution in [0, 0.1) is 6.20 Å². The Bertz CT molecular complexity index is 278. The smallest absolute Gasteiger partial charge is 0.0949 e. The Hall–Kier alpha value is -1.02. The quantitative estimate of drug-likeness (QED) is 0.609. The first kappa shape index (κ1) is 6.68. The molecular weight excluding hydrogens is 154 g/mol. The lowest BCUT2D eigenvalue weighted by Gasteiger charge is -2.06. The highest BCUT2D eigenvalue weighted by Crippen LogP contribution is 2.36. The summed E-state index contributed by atoms with van der Waals surface area (Å²) >= 11 is 0. The Morgan fingerprint density at radius 3 is 2.64 bits per heavy atom. The summed E-state index contributed by atoms with van der Waals surface area (Å²) in [7, 11) is -0.268. The highest BCUT2D eigenvalue weighted by molar-refractivity contribution is 8.31. The number of hydrogen-bond acceptors (Lipinski definition) is 1. The number of hydrogen-bond donors (Lipinski definition) is 1. The fourth-order valence-electron chi connectivity index (χ4n) is 0.966. The van der Waals surface area contributed by atoms with Gasteiger partial charge < -0.3 is 0 Å². The Kier molecular flexibility index (Phi) is 1.78. The molecule has 1 heterocycles. The van der Waals surface area contributed by atoms with Crippen molar-refractivity contribution in [3.05, 3.63) is 41.9 Å². The van der Waals surface area contributed by atoms with Crippen molar-refractivity contribution in [2.45, 2.75) is 4.90 Å². The van der Waals surface area contributed by atoms with Crippen LogP contribution in [0.5, 0.6) is 0 Å². The molecule has 1 aliphatic rings. The third-order valence-electron chi connectivity index (χ3n) is 1.51. The summed E-state index contributed by atoms with van der Waals surface area (Å²) in [6.07, 6.45) is 2.84. The van der Waals surface area contributed by atoms with E-state index in [9.17, 15) is 0 Å². The number of aliphatic imine (C=N–C) groups is 1. The first-order valence-corrected chi connectivity index (χ1v) is 4.90. The first-order valence-electron chi connectivity index (χ1n) is 3.42. The van der Waals surface area contributed by atoms with Crippen LogP contribution in [0.1, 0.15) is 0 Å². The van der Waals surface area contributed by atoms with Crippen molar-refractivity contribution in [1.82, 2.24) is 0 Å². The molecule has 1 atom stereocenters. The van der Waals surface area contributed by atoms with Crippen molar-refractivity contribution in [3.8, 4) is 0 Å². The lowest BCUT2D eigenvalue weighted by atomic mass is 10.4. The molecule has 0 saturated carbocycles. The van der Waals surface area contributed by atoms with E-state index < -0.39 is 0 Å². The van der Waals surface area contributed by atoms with Crippen molar-refractivity contribution in [2.24, 2.45) is 4.99 Å². The third kappa shape index (κ3) is 1.35. The molecule has 55 valence electrons. The van der Waals surface area contributed by atoms with Gasteiger partial charge in [0.25, 0.3) is 0 Å². The molecule has 2 rings (SSSR count). The zero-order chi connectivity index (χ0) is 7.52. The van der Waals surface area contributed by atoms with Gasteiger partial charge in [-0.25, -0.2) is 4.99 Å².